The first-order valence-corrected chi connectivity index (χ1v) is 14.6. The molecule has 222 valence electrons. The molecule has 0 bridgehead atoms. The highest BCUT2D eigenvalue weighted by Gasteiger charge is 2.24. The lowest BCUT2D eigenvalue weighted by Gasteiger charge is -2.38. The minimum Gasteiger partial charge on any atom is -1.00 e. The number of rotatable bonds is 14. The van der Waals surface area contributed by atoms with Gasteiger partial charge in [0.25, 0.3) is 0 Å². The molecule has 0 spiro atoms. The molecule has 4 rings (SSSR count). The summed E-state index contributed by atoms with van der Waals surface area (Å²) in [5.74, 6) is 1.79. The lowest BCUT2D eigenvalue weighted by molar-refractivity contribution is -0.923. The summed E-state index contributed by atoms with van der Waals surface area (Å²) in [6.07, 6.45) is 0. The molecule has 10 heteroatoms. The number of hydrogen-bond donors (Lipinski definition) is 0. The second-order valence-electron chi connectivity index (χ2n) is 9.66. The van der Waals surface area contributed by atoms with E-state index in [9.17, 15) is 0 Å². The molecule has 0 atom stereocenters. The van der Waals surface area contributed by atoms with E-state index >= 15 is 0 Å². The number of aryl methyl sites for hydroxylation is 1. The van der Waals surface area contributed by atoms with Crippen LogP contribution in [0, 0.1) is 0 Å². The molecule has 41 heavy (non-hydrogen) atoms. The third-order valence-electron chi connectivity index (χ3n) is 7.63. The number of hydrogen-bond acceptors (Lipinski definition) is 6. The summed E-state index contributed by atoms with van der Waals surface area (Å²) < 4.78 is 15.6. The van der Waals surface area contributed by atoms with Gasteiger partial charge in [-0.05, 0) is 85.8 Å². The highest BCUT2D eigenvalue weighted by Crippen LogP contribution is 2.30. The van der Waals surface area contributed by atoms with Gasteiger partial charge in [0, 0.05) is 18.3 Å². The fourth-order valence-corrected chi connectivity index (χ4v) is 5.81. The van der Waals surface area contributed by atoms with E-state index in [0.717, 1.165) is 82.9 Å². The van der Waals surface area contributed by atoms with Crippen LogP contribution in [-0.4, -0.2) is 57.5 Å². The zero-order valence-corrected chi connectivity index (χ0v) is 26.9. The van der Waals surface area contributed by atoms with Gasteiger partial charge in [0.15, 0.2) is 0 Å². The van der Waals surface area contributed by atoms with Crippen molar-refractivity contribution in [3.63, 3.8) is 0 Å². The number of para-hydroxylation sites is 1. The molecule has 1 aromatic heterocycles. The lowest BCUT2D eigenvalue weighted by atomic mass is 10.2. The van der Waals surface area contributed by atoms with Crippen LogP contribution in [0.4, 0.5) is 16.5 Å². The van der Waals surface area contributed by atoms with Crippen molar-refractivity contribution in [1.29, 1.82) is 0 Å². The number of halogens is 2. The molecule has 0 aliphatic rings. The average molecular weight is 619 g/mol. The number of nitrogens with zero attached hydrogens (tertiary/aromatic N) is 5. The zero-order chi connectivity index (χ0) is 27.7. The van der Waals surface area contributed by atoms with E-state index in [1.807, 2.05) is 61.6 Å². The van der Waals surface area contributed by atoms with Gasteiger partial charge in [0.05, 0.1) is 50.2 Å². The molecule has 0 radical (unpaired) electrons. The maximum atomic E-state index is 6.03. The smallest absolute Gasteiger partial charge is 0.409 e. The van der Waals surface area contributed by atoms with Crippen LogP contribution in [0.15, 0.2) is 83.0 Å². The highest BCUT2D eigenvalue weighted by atomic mass is 35.5. The minimum atomic E-state index is 0. The van der Waals surface area contributed by atoms with E-state index in [1.54, 1.807) is 18.4 Å². The third-order valence-corrected chi connectivity index (χ3v) is 8.71. The van der Waals surface area contributed by atoms with Crippen molar-refractivity contribution >= 4 is 38.1 Å². The molecule has 7 nitrogen and oxygen atoms in total. The van der Waals surface area contributed by atoms with E-state index in [1.165, 1.54) is 5.69 Å². The van der Waals surface area contributed by atoms with Gasteiger partial charge in [-0.1, -0.05) is 18.2 Å². The molecule has 3 aromatic carbocycles. The Morgan fingerprint density at radius 3 is 2.20 bits per heavy atom. The molecule has 0 saturated heterocycles. The summed E-state index contributed by atoms with van der Waals surface area (Å²) in [5.41, 5.74) is 3.17. The van der Waals surface area contributed by atoms with Gasteiger partial charge in [0.2, 0.25) is 0 Å². The van der Waals surface area contributed by atoms with Crippen molar-refractivity contribution in [3.05, 3.63) is 72.8 Å². The standard InChI is InChI=1S/C31H41N5O2S.2ClH/c1-6-35(20-21-36(7-2,8-3)22-23-38-27-12-10-9-11-13-27)26-16-14-25(15-17-26)32-33-31-34(4)29-19-18-28(37-5)24-30(29)39-31;;/h9-19,24H,6-8,20-23H2,1-5H3;2*1H/q+2;;/p-2. The Bertz CT molecular complexity index is 1360. The third kappa shape index (κ3) is 8.79. The topological polar surface area (TPSA) is 50.3 Å². The van der Waals surface area contributed by atoms with Gasteiger partial charge >= 0.3 is 5.13 Å². The number of benzene rings is 3. The number of methoxy groups -OCH3 is 1. The minimum absolute atomic E-state index is 0. The second kappa shape index (κ2) is 16.5. The molecule has 0 N–H and O–H groups in total. The number of likely N-dealkylation sites (N-methyl/N-ethyl adjacent to an activating group) is 2. The van der Waals surface area contributed by atoms with Crippen molar-refractivity contribution in [2.24, 2.45) is 17.3 Å². The predicted octanol–water partition coefficient (Wildman–Crippen LogP) is 0.920. The number of azo groups is 1. The highest BCUT2D eigenvalue weighted by molar-refractivity contribution is 7.21. The van der Waals surface area contributed by atoms with Crippen LogP contribution in [0.1, 0.15) is 20.8 Å². The SMILES string of the molecule is CCN(CC[N+](CC)(CC)CCOc1ccccc1)c1ccc(N=Nc2sc3cc(OC)ccc3[n+]2C)cc1.[Cl-].[Cl-]. The lowest BCUT2D eigenvalue weighted by Crippen LogP contribution is -3.00. The van der Waals surface area contributed by atoms with Crippen molar-refractivity contribution in [2.45, 2.75) is 20.8 Å². The van der Waals surface area contributed by atoms with E-state index in [2.05, 4.69) is 58.7 Å². The van der Waals surface area contributed by atoms with E-state index in [4.69, 9.17) is 9.47 Å². The number of thiazole rings is 1. The summed E-state index contributed by atoms with van der Waals surface area (Å²) in [5, 5.41) is 9.91. The normalized spacial score (nSPS) is 11.2. The maximum Gasteiger partial charge on any atom is 0.409 e. The van der Waals surface area contributed by atoms with Crippen LogP contribution in [0.2, 0.25) is 0 Å². The van der Waals surface area contributed by atoms with E-state index < -0.39 is 0 Å². The second-order valence-corrected chi connectivity index (χ2v) is 10.7. The van der Waals surface area contributed by atoms with Crippen LogP contribution < -0.4 is 43.8 Å². The van der Waals surface area contributed by atoms with Gasteiger partial charge in [0.1, 0.15) is 35.9 Å². The monoisotopic (exact) mass is 617 g/mol. The van der Waals surface area contributed by atoms with Crippen molar-refractivity contribution in [3.8, 4) is 11.5 Å². The largest absolute Gasteiger partial charge is 1.00 e. The molecule has 0 unspecified atom stereocenters. The molecule has 4 aromatic rings. The Morgan fingerprint density at radius 1 is 0.854 bits per heavy atom. The zero-order valence-electron chi connectivity index (χ0n) is 24.6. The Morgan fingerprint density at radius 2 is 1.56 bits per heavy atom. The molecule has 0 aliphatic carbocycles. The first kappa shape index (κ1) is 34.3. The Labute approximate surface area is 260 Å². The van der Waals surface area contributed by atoms with Gasteiger partial charge in [-0.2, -0.15) is 0 Å². The Kier molecular flexibility index (Phi) is 13.8. The van der Waals surface area contributed by atoms with Crippen molar-refractivity contribution < 1.29 is 43.3 Å². The van der Waals surface area contributed by atoms with Crippen LogP contribution in [0.5, 0.6) is 11.5 Å². The van der Waals surface area contributed by atoms with Gasteiger partial charge < -0.3 is 43.7 Å². The summed E-state index contributed by atoms with van der Waals surface area (Å²) in [4.78, 5) is 2.44. The van der Waals surface area contributed by atoms with Crippen LogP contribution in [0.3, 0.4) is 0 Å². The molecular formula is C31H41Cl2N5O2S. The first-order chi connectivity index (χ1) is 19.0. The number of quaternary nitrogens is 1. The quantitative estimate of drug-likeness (QED) is 0.120. The fourth-order valence-electron chi connectivity index (χ4n) is 4.81. The molecule has 0 fully saturated rings. The average Bonchev–Trinajstić information content (AvgIpc) is 3.30. The van der Waals surface area contributed by atoms with Gasteiger partial charge in [-0.15, -0.1) is 0 Å². The van der Waals surface area contributed by atoms with Gasteiger partial charge in [-0.3, -0.25) is 0 Å². The number of anilines is 1. The molecule has 0 aliphatic heterocycles. The Hall–Kier alpha value is -2.91. The van der Waals surface area contributed by atoms with Crippen molar-refractivity contribution in [1.82, 2.24) is 0 Å². The molecule has 1 heterocycles. The molecule has 0 saturated carbocycles. The first-order valence-electron chi connectivity index (χ1n) is 13.8. The van der Waals surface area contributed by atoms with Crippen LogP contribution in [0.25, 0.3) is 10.2 Å². The molecule has 0 amide bonds. The summed E-state index contributed by atoms with van der Waals surface area (Å²) in [7, 11) is 3.70. The number of aromatic nitrogens is 1. The summed E-state index contributed by atoms with van der Waals surface area (Å²) in [6, 6.07) is 24.6. The van der Waals surface area contributed by atoms with Crippen LogP contribution >= 0.6 is 11.3 Å². The van der Waals surface area contributed by atoms with E-state index in [0.29, 0.717) is 0 Å². The summed E-state index contributed by atoms with van der Waals surface area (Å²) in [6.45, 7) is 13.7. The number of ether oxygens (including phenoxy) is 2. The van der Waals surface area contributed by atoms with Crippen molar-refractivity contribution in [2.75, 3.05) is 57.9 Å². The number of fused-ring (bicyclic) bond motifs is 1. The Balaban J connectivity index is 0.00000294. The van der Waals surface area contributed by atoms with Crippen LogP contribution in [-0.2, 0) is 7.05 Å². The maximum absolute atomic E-state index is 6.03. The summed E-state index contributed by atoms with van der Waals surface area (Å²) >= 11 is 1.61. The predicted molar refractivity (Wildman–Crippen MR) is 161 cm³/mol. The van der Waals surface area contributed by atoms with Gasteiger partial charge in [-0.25, -0.2) is 4.57 Å². The molecular weight excluding hydrogens is 577 g/mol. The van der Waals surface area contributed by atoms with E-state index in [-0.39, 0.29) is 24.8 Å². The fraction of sp³-hybridized carbons (Fsp3) is 0.387.